The first kappa shape index (κ1) is 15.6. The molecule has 5 heteroatoms. The molecule has 106 valence electrons. The van der Waals surface area contributed by atoms with Crippen molar-refractivity contribution in [2.75, 3.05) is 13.2 Å². The predicted molar refractivity (Wildman–Crippen MR) is 70.1 cm³/mol. The van der Waals surface area contributed by atoms with Gasteiger partial charge in [0.15, 0.2) is 0 Å². The fraction of sp³-hybridized carbons (Fsp3) is 0.500. The lowest BCUT2D eigenvalue weighted by Gasteiger charge is -2.17. The van der Waals surface area contributed by atoms with E-state index in [0.717, 1.165) is 5.56 Å². The molecular weight excluding hydrogens is 249 g/mol. The van der Waals surface area contributed by atoms with Crippen molar-refractivity contribution >= 4 is 5.97 Å². The fourth-order valence-corrected chi connectivity index (χ4v) is 1.67. The van der Waals surface area contributed by atoms with Gasteiger partial charge in [-0.1, -0.05) is 12.1 Å². The molecule has 0 aliphatic heterocycles. The molecule has 0 fully saturated rings. The molecule has 0 heterocycles. The molecule has 0 aromatic heterocycles. The van der Waals surface area contributed by atoms with Crippen LogP contribution in [-0.2, 0) is 9.53 Å². The van der Waals surface area contributed by atoms with Gasteiger partial charge >= 0.3 is 5.97 Å². The summed E-state index contributed by atoms with van der Waals surface area (Å²) >= 11 is 0. The topological polar surface area (TPSA) is 58.6 Å². The number of rotatable bonds is 7. The predicted octanol–water partition coefficient (Wildman–Crippen LogP) is 1.79. The highest BCUT2D eigenvalue weighted by atomic mass is 19.1. The van der Waals surface area contributed by atoms with Gasteiger partial charge in [0.1, 0.15) is 5.82 Å². The third kappa shape index (κ3) is 5.81. The van der Waals surface area contributed by atoms with Crippen molar-refractivity contribution in [3.63, 3.8) is 0 Å². The number of hydrogen-bond donors (Lipinski definition) is 2. The molecule has 0 amide bonds. The molecule has 4 nitrogen and oxygen atoms in total. The maximum atomic E-state index is 12.8. The third-order valence-corrected chi connectivity index (χ3v) is 2.74. The second-order valence-electron chi connectivity index (χ2n) is 4.34. The Kier molecular flexibility index (Phi) is 6.45. The molecule has 1 rings (SSSR count). The molecular formula is C14H20FNO3. The van der Waals surface area contributed by atoms with Gasteiger partial charge in [-0.3, -0.25) is 4.79 Å². The Morgan fingerprint density at radius 1 is 1.42 bits per heavy atom. The van der Waals surface area contributed by atoms with Gasteiger partial charge in [0, 0.05) is 12.6 Å². The van der Waals surface area contributed by atoms with Crippen molar-refractivity contribution in [2.24, 2.45) is 0 Å². The quantitative estimate of drug-likeness (QED) is 0.741. The number of halogens is 1. The molecule has 2 atom stereocenters. The SMILES string of the molecule is CCOC(=O)CC(O)CN[C@H](C)c1ccc(F)cc1. The Morgan fingerprint density at radius 2 is 2.05 bits per heavy atom. The van der Waals surface area contributed by atoms with Crippen LogP contribution >= 0.6 is 0 Å². The summed E-state index contributed by atoms with van der Waals surface area (Å²) in [4.78, 5) is 11.2. The molecule has 0 spiro atoms. The largest absolute Gasteiger partial charge is 0.466 e. The number of carbonyl (C=O) groups is 1. The fourth-order valence-electron chi connectivity index (χ4n) is 1.67. The highest BCUT2D eigenvalue weighted by Crippen LogP contribution is 2.12. The maximum Gasteiger partial charge on any atom is 0.308 e. The van der Waals surface area contributed by atoms with E-state index >= 15 is 0 Å². The average Bonchev–Trinajstić information content (AvgIpc) is 2.37. The van der Waals surface area contributed by atoms with Crippen molar-refractivity contribution in [1.82, 2.24) is 5.32 Å². The number of nitrogens with one attached hydrogen (secondary N) is 1. The van der Waals surface area contributed by atoms with Gasteiger partial charge in [-0.2, -0.15) is 0 Å². The van der Waals surface area contributed by atoms with Gasteiger partial charge in [-0.15, -0.1) is 0 Å². The molecule has 0 aliphatic carbocycles. The van der Waals surface area contributed by atoms with Gasteiger partial charge in [0.25, 0.3) is 0 Å². The molecule has 1 aromatic rings. The van der Waals surface area contributed by atoms with E-state index in [-0.39, 0.29) is 24.8 Å². The first-order chi connectivity index (χ1) is 9.02. The average molecular weight is 269 g/mol. The van der Waals surface area contributed by atoms with Crippen LogP contribution in [0.1, 0.15) is 31.9 Å². The second kappa shape index (κ2) is 7.86. The Morgan fingerprint density at radius 3 is 2.63 bits per heavy atom. The van der Waals surface area contributed by atoms with E-state index in [1.54, 1.807) is 19.1 Å². The Hall–Kier alpha value is -1.46. The normalized spacial score (nSPS) is 13.9. The zero-order chi connectivity index (χ0) is 14.3. The zero-order valence-corrected chi connectivity index (χ0v) is 11.2. The van der Waals surface area contributed by atoms with Crippen molar-refractivity contribution in [2.45, 2.75) is 32.4 Å². The molecule has 0 aliphatic rings. The van der Waals surface area contributed by atoms with E-state index in [1.807, 2.05) is 6.92 Å². The molecule has 2 N–H and O–H groups in total. The van der Waals surface area contributed by atoms with Crippen LogP contribution in [-0.4, -0.2) is 30.3 Å². The van der Waals surface area contributed by atoms with Crippen LogP contribution in [0.3, 0.4) is 0 Å². The van der Waals surface area contributed by atoms with Crippen LogP contribution in [0.4, 0.5) is 4.39 Å². The summed E-state index contributed by atoms with van der Waals surface area (Å²) in [5.74, 6) is -0.690. The maximum absolute atomic E-state index is 12.8. The van der Waals surface area contributed by atoms with Crippen LogP contribution in [0.15, 0.2) is 24.3 Å². The lowest BCUT2D eigenvalue weighted by Crippen LogP contribution is -2.31. The molecule has 0 bridgehead atoms. The van der Waals surface area contributed by atoms with Gasteiger partial charge in [0.05, 0.1) is 19.1 Å². The van der Waals surface area contributed by atoms with E-state index in [1.165, 1.54) is 12.1 Å². The van der Waals surface area contributed by atoms with E-state index in [0.29, 0.717) is 6.61 Å². The van der Waals surface area contributed by atoms with Crippen LogP contribution in [0, 0.1) is 5.82 Å². The number of ether oxygens (including phenoxy) is 1. The van der Waals surface area contributed by atoms with Crippen molar-refractivity contribution in [1.29, 1.82) is 0 Å². The number of benzene rings is 1. The minimum Gasteiger partial charge on any atom is -0.466 e. The van der Waals surface area contributed by atoms with Crippen molar-refractivity contribution < 1.29 is 19.0 Å². The summed E-state index contributed by atoms with van der Waals surface area (Å²) in [6, 6.07) is 6.12. The van der Waals surface area contributed by atoms with E-state index in [9.17, 15) is 14.3 Å². The molecule has 1 unspecified atom stereocenters. The molecule has 0 saturated heterocycles. The summed E-state index contributed by atoms with van der Waals surface area (Å²) in [5, 5.41) is 12.7. The Labute approximate surface area is 112 Å². The highest BCUT2D eigenvalue weighted by Gasteiger charge is 2.13. The van der Waals surface area contributed by atoms with E-state index in [2.05, 4.69) is 5.32 Å². The summed E-state index contributed by atoms with van der Waals surface area (Å²) in [6.07, 6.45) is -0.821. The molecule has 19 heavy (non-hydrogen) atoms. The molecule has 0 saturated carbocycles. The van der Waals surface area contributed by atoms with Gasteiger partial charge in [-0.05, 0) is 31.5 Å². The van der Waals surface area contributed by atoms with E-state index in [4.69, 9.17) is 4.74 Å². The number of carbonyl (C=O) groups excluding carboxylic acids is 1. The summed E-state index contributed by atoms with van der Waals surface area (Å²) in [7, 11) is 0. The number of aliphatic hydroxyl groups excluding tert-OH is 1. The first-order valence-electron chi connectivity index (χ1n) is 6.35. The van der Waals surface area contributed by atoms with Crippen LogP contribution in [0.2, 0.25) is 0 Å². The van der Waals surface area contributed by atoms with Crippen LogP contribution in [0.25, 0.3) is 0 Å². The smallest absolute Gasteiger partial charge is 0.308 e. The summed E-state index contributed by atoms with van der Waals surface area (Å²) in [6.45, 7) is 4.21. The minimum absolute atomic E-state index is 0.0301. The lowest BCUT2D eigenvalue weighted by molar-refractivity contribution is -0.145. The Balaban J connectivity index is 2.35. The highest BCUT2D eigenvalue weighted by molar-refractivity contribution is 5.69. The summed E-state index contributed by atoms with van der Waals surface area (Å²) < 4.78 is 17.5. The molecule has 0 radical (unpaired) electrons. The van der Waals surface area contributed by atoms with Crippen LogP contribution < -0.4 is 5.32 Å². The molecule has 1 aromatic carbocycles. The van der Waals surface area contributed by atoms with E-state index < -0.39 is 12.1 Å². The monoisotopic (exact) mass is 269 g/mol. The minimum atomic E-state index is -0.790. The van der Waals surface area contributed by atoms with Gasteiger partial charge in [0.2, 0.25) is 0 Å². The number of esters is 1. The zero-order valence-electron chi connectivity index (χ0n) is 11.2. The number of hydrogen-bond acceptors (Lipinski definition) is 4. The Bertz CT molecular complexity index is 394. The van der Waals surface area contributed by atoms with Gasteiger partial charge < -0.3 is 15.2 Å². The van der Waals surface area contributed by atoms with Crippen molar-refractivity contribution in [3.8, 4) is 0 Å². The van der Waals surface area contributed by atoms with Crippen LogP contribution in [0.5, 0.6) is 0 Å². The first-order valence-corrected chi connectivity index (χ1v) is 6.35. The summed E-state index contributed by atoms with van der Waals surface area (Å²) in [5.41, 5.74) is 0.921. The third-order valence-electron chi connectivity index (χ3n) is 2.74. The number of aliphatic hydroxyl groups is 1. The van der Waals surface area contributed by atoms with Gasteiger partial charge in [-0.25, -0.2) is 4.39 Å². The van der Waals surface area contributed by atoms with Crippen molar-refractivity contribution in [3.05, 3.63) is 35.6 Å². The lowest BCUT2D eigenvalue weighted by atomic mass is 10.1. The second-order valence-corrected chi connectivity index (χ2v) is 4.34. The standard InChI is InChI=1S/C14H20FNO3/c1-3-19-14(18)8-13(17)9-16-10(2)11-4-6-12(15)7-5-11/h4-7,10,13,16-17H,3,8-9H2,1-2H3/t10-,13?/m1/s1.